The largest absolute Gasteiger partial charge is 0.457 e. The third kappa shape index (κ3) is 3.57. The van der Waals surface area contributed by atoms with Crippen LogP contribution in [0.2, 0.25) is 15.1 Å². The molecule has 0 unspecified atom stereocenters. The molecule has 0 amide bonds. The van der Waals surface area contributed by atoms with E-state index in [-0.39, 0.29) is 27.9 Å². The van der Waals surface area contributed by atoms with Crippen LogP contribution >= 0.6 is 34.8 Å². The van der Waals surface area contributed by atoms with Crippen LogP contribution in [0.3, 0.4) is 0 Å². The first-order valence-electron chi connectivity index (χ1n) is 5.63. The van der Waals surface area contributed by atoms with Gasteiger partial charge >= 0.3 is 5.97 Å². The maximum Gasteiger partial charge on any atom is 0.338 e. The number of carbonyl (C=O) groups excluding carboxylic acids is 1. The zero-order valence-electron chi connectivity index (χ0n) is 10.2. The lowest BCUT2D eigenvalue weighted by atomic mass is 10.2. The Morgan fingerprint density at radius 2 is 1.75 bits per heavy atom. The van der Waals surface area contributed by atoms with E-state index < -0.39 is 5.97 Å². The van der Waals surface area contributed by atoms with Gasteiger partial charge in [-0.2, -0.15) is 0 Å². The van der Waals surface area contributed by atoms with Gasteiger partial charge in [0, 0.05) is 5.02 Å². The number of hydrogen-bond donors (Lipinski definition) is 1. The molecule has 0 heterocycles. The van der Waals surface area contributed by atoms with Gasteiger partial charge in [0.15, 0.2) is 0 Å². The Bertz CT molecular complexity index is 636. The second kappa shape index (κ2) is 6.35. The van der Waals surface area contributed by atoms with Crippen LogP contribution in [0, 0.1) is 0 Å². The fourth-order valence-electron chi connectivity index (χ4n) is 1.56. The van der Waals surface area contributed by atoms with E-state index in [0.717, 1.165) is 5.56 Å². The van der Waals surface area contributed by atoms with Gasteiger partial charge < -0.3 is 10.5 Å². The van der Waals surface area contributed by atoms with E-state index in [1.807, 2.05) is 6.07 Å². The molecule has 2 aromatic rings. The molecule has 6 heteroatoms. The Kier molecular flexibility index (Phi) is 4.76. The number of carbonyl (C=O) groups is 1. The molecule has 3 nitrogen and oxygen atoms in total. The van der Waals surface area contributed by atoms with Gasteiger partial charge in [-0.3, -0.25) is 0 Å². The zero-order valence-corrected chi connectivity index (χ0v) is 12.5. The number of rotatable bonds is 3. The minimum atomic E-state index is -0.534. The molecule has 0 fully saturated rings. The van der Waals surface area contributed by atoms with Gasteiger partial charge in [-0.25, -0.2) is 4.79 Å². The Balaban J connectivity index is 2.09. The van der Waals surface area contributed by atoms with Crippen LogP contribution in [0.15, 0.2) is 36.4 Å². The van der Waals surface area contributed by atoms with E-state index in [0.29, 0.717) is 5.02 Å². The minimum absolute atomic E-state index is 0.110. The topological polar surface area (TPSA) is 52.3 Å². The lowest BCUT2D eigenvalue weighted by molar-refractivity contribution is 0.0473. The van der Waals surface area contributed by atoms with Crippen LogP contribution in [-0.2, 0) is 11.3 Å². The van der Waals surface area contributed by atoms with E-state index in [1.54, 1.807) is 18.2 Å². The van der Waals surface area contributed by atoms with Gasteiger partial charge in [0.1, 0.15) is 6.61 Å². The molecule has 20 heavy (non-hydrogen) atoms. The fraction of sp³-hybridized carbons (Fsp3) is 0.0714. The third-order valence-electron chi connectivity index (χ3n) is 2.57. The van der Waals surface area contributed by atoms with E-state index in [4.69, 9.17) is 45.3 Å². The van der Waals surface area contributed by atoms with Crippen molar-refractivity contribution in [2.45, 2.75) is 6.61 Å². The van der Waals surface area contributed by atoms with Crippen molar-refractivity contribution in [1.82, 2.24) is 0 Å². The summed E-state index contributed by atoms with van der Waals surface area (Å²) in [7, 11) is 0. The molecular formula is C14H10Cl3NO2. The average Bonchev–Trinajstić information content (AvgIpc) is 2.41. The highest BCUT2D eigenvalue weighted by atomic mass is 35.5. The van der Waals surface area contributed by atoms with Crippen molar-refractivity contribution in [3.8, 4) is 0 Å². The Morgan fingerprint density at radius 3 is 2.35 bits per heavy atom. The number of esters is 1. The van der Waals surface area contributed by atoms with Crippen molar-refractivity contribution in [3.63, 3.8) is 0 Å². The molecule has 2 aromatic carbocycles. The molecule has 2 N–H and O–H groups in total. The summed E-state index contributed by atoms with van der Waals surface area (Å²) in [6.45, 7) is 0.110. The van der Waals surface area contributed by atoms with Crippen LogP contribution in [0.4, 0.5) is 5.69 Å². The molecule has 104 valence electrons. The van der Waals surface area contributed by atoms with Crippen molar-refractivity contribution in [2.24, 2.45) is 0 Å². The molecule has 2 rings (SSSR count). The zero-order chi connectivity index (χ0) is 14.7. The molecule has 0 saturated carbocycles. The van der Waals surface area contributed by atoms with Gasteiger partial charge in [-0.15, -0.1) is 0 Å². The lowest BCUT2D eigenvalue weighted by Crippen LogP contribution is -2.06. The maximum absolute atomic E-state index is 11.9. The molecule has 0 bridgehead atoms. The second-order valence-corrected chi connectivity index (χ2v) is 5.31. The second-order valence-electron chi connectivity index (χ2n) is 4.06. The van der Waals surface area contributed by atoms with Crippen LogP contribution in [0.1, 0.15) is 15.9 Å². The summed E-state index contributed by atoms with van der Waals surface area (Å²) >= 11 is 17.6. The van der Waals surface area contributed by atoms with E-state index >= 15 is 0 Å². The third-order valence-corrected chi connectivity index (χ3v) is 3.43. The number of nitrogen functional groups attached to an aromatic ring is 1. The van der Waals surface area contributed by atoms with Crippen molar-refractivity contribution >= 4 is 46.5 Å². The quantitative estimate of drug-likeness (QED) is 0.661. The first kappa shape index (κ1) is 15.0. The normalized spacial score (nSPS) is 10.3. The van der Waals surface area contributed by atoms with E-state index in [9.17, 15) is 4.79 Å². The molecule has 0 saturated heterocycles. The summed E-state index contributed by atoms with van der Waals surface area (Å²) in [4.78, 5) is 11.9. The molecule has 0 aliphatic carbocycles. The number of halogens is 3. The monoisotopic (exact) mass is 329 g/mol. The Hall–Kier alpha value is -1.42. The van der Waals surface area contributed by atoms with Crippen molar-refractivity contribution in [1.29, 1.82) is 0 Å². The summed E-state index contributed by atoms with van der Waals surface area (Å²) in [6, 6.07) is 9.89. The lowest BCUT2D eigenvalue weighted by Gasteiger charge is -2.07. The highest BCUT2D eigenvalue weighted by Gasteiger charge is 2.12. The van der Waals surface area contributed by atoms with Crippen molar-refractivity contribution < 1.29 is 9.53 Å². The van der Waals surface area contributed by atoms with Gasteiger partial charge in [0.25, 0.3) is 0 Å². The SMILES string of the molecule is Nc1c(Cl)cc(C(=O)OCc2cccc(Cl)c2)cc1Cl. The molecular weight excluding hydrogens is 321 g/mol. The number of benzene rings is 2. The number of ether oxygens (including phenoxy) is 1. The number of anilines is 1. The predicted molar refractivity (Wildman–Crippen MR) is 81.4 cm³/mol. The Labute approximate surface area is 131 Å². The van der Waals surface area contributed by atoms with Crippen LogP contribution in [-0.4, -0.2) is 5.97 Å². The van der Waals surface area contributed by atoms with E-state index in [2.05, 4.69) is 0 Å². The highest BCUT2D eigenvalue weighted by molar-refractivity contribution is 6.39. The first-order chi connectivity index (χ1) is 9.47. The molecule has 0 aromatic heterocycles. The van der Waals surface area contributed by atoms with Crippen molar-refractivity contribution in [3.05, 3.63) is 62.6 Å². The van der Waals surface area contributed by atoms with Crippen molar-refractivity contribution in [2.75, 3.05) is 5.73 Å². The summed E-state index contributed by atoms with van der Waals surface area (Å²) in [5.74, 6) is -0.534. The first-order valence-corrected chi connectivity index (χ1v) is 6.77. The van der Waals surface area contributed by atoms with Crippen LogP contribution < -0.4 is 5.73 Å². The van der Waals surface area contributed by atoms with Crippen LogP contribution in [0.5, 0.6) is 0 Å². The standard InChI is InChI=1S/C14H10Cl3NO2/c15-10-3-1-2-8(4-10)7-20-14(19)9-5-11(16)13(18)12(17)6-9/h1-6H,7,18H2. The average molecular weight is 331 g/mol. The summed E-state index contributed by atoms with van der Waals surface area (Å²) in [5.41, 5.74) is 6.87. The molecule has 0 spiro atoms. The molecule has 0 aliphatic rings. The Morgan fingerprint density at radius 1 is 1.10 bits per heavy atom. The summed E-state index contributed by atoms with van der Waals surface area (Å²) < 4.78 is 5.16. The minimum Gasteiger partial charge on any atom is -0.457 e. The summed E-state index contributed by atoms with van der Waals surface area (Å²) in [5, 5.41) is 1.01. The number of hydrogen-bond acceptors (Lipinski definition) is 3. The maximum atomic E-state index is 11.9. The van der Waals surface area contributed by atoms with Gasteiger partial charge in [0.05, 0.1) is 21.3 Å². The highest BCUT2D eigenvalue weighted by Crippen LogP contribution is 2.29. The van der Waals surface area contributed by atoms with Gasteiger partial charge in [-0.1, -0.05) is 46.9 Å². The molecule has 0 aliphatic heterocycles. The van der Waals surface area contributed by atoms with Gasteiger partial charge in [-0.05, 0) is 29.8 Å². The fourth-order valence-corrected chi connectivity index (χ4v) is 2.26. The molecule has 0 radical (unpaired) electrons. The predicted octanol–water partition coefficient (Wildman–Crippen LogP) is 4.59. The van der Waals surface area contributed by atoms with Crippen LogP contribution in [0.25, 0.3) is 0 Å². The molecule has 0 atom stereocenters. The van der Waals surface area contributed by atoms with Gasteiger partial charge in [0.2, 0.25) is 0 Å². The smallest absolute Gasteiger partial charge is 0.338 e. The summed E-state index contributed by atoms with van der Waals surface area (Å²) in [6.07, 6.45) is 0. The van der Waals surface area contributed by atoms with E-state index in [1.165, 1.54) is 12.1 Å². The number of nitrogens with two attached hydrogens (primary N) is 1.